The smallest absolute Gasteiger partial charge is 0.0991 e. The highest BCUT2D eigenvalue weighted by atomic mass is 14.3. The van der Waals surface area contributed by atoms with E-state index in [0.717, 1.165) is 0 Å². The van der Waals surface area contributed by atoms with E-state index in [1.807, 2.05) is 57.2 Å². The van der Waals surface area contributed by atoms with E-state index in [-0.39, 0.29) is 5.41 Å². The molecule has 0 aliphatic heterocycles. The van der Waals surface area contributed by atoms with Gasteiger partial charge in [0.05, 0.1) is 17.7 Å². The van der Waals surface area contributed by atoms with Gasteiger partial charge in [-0.2, -0.15) is 10.5 Å². The number of benzene rings is 4. The zero-order valence-corrected chi connectivity index (χ0v) is 31.4. The first-order valence-electron chi connectivity index (χ1n) is 16.1. The van der Waals surface area contributed by atoms with Gasteiger partial charge in [-0.15, -0.1) is 0 Å². The van der Waals surface area contributed by atoms with E-state index in [4.69, 9.17) is 10.5 Å². The number of nitriles is 2. The van der Waals surface area contributed by atoms with Crippen LogP contribution in [0.5, 0.6) is 0 Å². The second-order valence-corrected chi connectivity index (χ2v) is 16.2. The summed E-state index contributed by atoms with van der Waals surface area (Å²) in [5.41, 5.74) is 5.81. The fourth-order valence-electron chi connectivity index (χ4n) is 2.71. The summed E-state index contributed by atoms with van der Waals surface area (Å²) in [5, 5.41) is 16.4. The first kappa shape index (κ1) is 44.0. The van der Waals surface area contributed by atoms with Gasteiger partial charge in [0.25, 0.3) is 0 Å². The molecule has 0 heterocycles. The molecule has 4 aromatic carbocycles. The normalized spacial score (nSPS) is 10.3. The molecule has 0 amide bonds. The van der Waals surface area contributed by atoms with Gasteiger partial charge >= 0.3 is 0 Å². The number of rotatable bonds is 1. The third kappa shape index (κ3) is 32.8. The summed E-state index contributed by atoms with van der Waals surface area (Å²) in [6.07, 6.45) is 0. The van der Waals surface area contributed by atoms with Crippen molar-refractivity contribution in [2.75, 3.05) is 0 Å². The Morgan fingerprint density at radius 1 is 0.391 bits per heavy atom. The van der Waals surface area contributed by atoms with E-state index >= 15 is 0 Å². The maximum absolute atomic E-state index is 8.29. The summed E-state index contributed by atoms with van der Waals surface area (Å²) in [6.45, 7) is 29.8. The predicted octanol–water partition coefficient (Wildman–Crippen LogP) is 13.6. The quantitative estimate of drug-likeness (QED) is 0.213. The van der Waals surface area contributed by atoms with Crippen LogP contribution in [0.4, 0.5) is 0 Å². The number of hydrogen-bond acceptors (Lipinski definition) is 2. The molecule has 0 aliphatic carbocycles. The standard InChI is InChI=1S/C12H10.C10H14.C7H5N.C5H9N.2C5H12/c1-3-7-11(8-4-1)12-9-5-2-6-10-12;1-10(2,3)9-7-5-4-6-8-9;8-6-7-4-2-1-3-5-7;1-5(2,3)4-6;2*1-5(2,3)4/h1-10H;4-8H,1-3H3;1-5H;1-3H3;2*1-4H3. The van der Waals surface area contributed by atoms with Crippen LogP contribution in [-0.2, 0) is 5.41 Å². The molecule has 0 saturated carbocycles. The largest absolute Gasteiger partial charge is 0.198 e. The maximum Gasteiger partial charge on any atom is 0.0991 e. The first-order valence-corrected chi connectivity index (χ1v) is 16.1. The Hall–Kier alpha value is -4.14. The van der Waals surface area contributed by atoms with E-state index in [1.54, 1.807) is 12.1 Å². The minimum Gasteiger partial charge on any atom is -0.198 e. The van der Waals surface area contributed by atoms with Crippen LogP contribution in [0.25, 0.3) is 11.1 Å². The molecule has 46 heavy (non-hydrogen) atoms. The Morgan fingerprint density at radius 2 is 0.630 bits per heavy atom. The molecule has 0 bridgehead atoms. The third-order valence-electron chi connectivity index (χ3n) is 4.76. The van der Waals surface area contributed by atoms with E-state index < -0.39 is 0 Å². The van der Waals surface area contributed by atoms with E-state index in [0.29, 0.717) is 21.8 Å². The Balaban J connectivity index is 0. The zero-order valence-electron chi connectivity index (χ0n) is 31.4. The maximum atomic E-state index is 8.29. The lowest BCUT2D eigenvalue weighted by Gasteiger charge is -2.18. The molecule has 0 saturated heterocycles. The van der Waals surface area contributed by atoms with Crippen molar-refractivity contribution in [1.82, 2.24) is 0 Å². The van der Waals surface area contributed by atoms with E-state index in [2.05, 4.69) is 161 Å². The molecule has 0 unspecified atom stereocenters. The fraction of sp³-hybridized carbons (Fsp3) is 0.409. The predicted molar refractivity (Wildman–Crippen MR) is 204 cm³/mol. The van der Waals surface area contributed by atoms with Crippen molar-refractivity contribution < 1.29 is 0 Å². The summed E-state index contributed by atoms with van der Waals surface area (Å²) in [5.74, 6) is 0. The molecule has 0 fully saturated rings. The van der Waals surface area contributed by atoms with Gasteiger partial charge in [-0.1, -0.05) is 185 Å². The van der Waals surface area contributed by atoms with Crippen molar-refractivity contribution in [1.29, 1.82) is 10.5 Å². The van der Waals surface area contributed by atoms with Gasteiger partial charge in [-0.05, 0) is 65.8 Å². The lowest BCUT2D eigenvalue weighted by Crippen LogP contribution is -2.10. The fourth-order valence-corrected chi connectivity index (χ4v) is 2.71. The van der Waals surface area contributed by atoms with Crippen molar-refractivity contribution >= 4 is 0 Å². The monoisotopic (exact) mass is 618 g/mol. The molecule has 2 heteroatoms. The average Bonchev–Trinajstić information content (AvgIpc) is 2.97. The van der Waals surface area contributed by atoms with E-state index in [9.17, 15) is 0 Å². The summed E-state index contributed by atoms with van der Waals surface area (Å²) >= 11 is 0. The topological polar surface area (TPSA) is 47.6 Å². The summed E-state index contributed by atoms with van der Waals surface area (Å²) in [6, 6.07) is 44.6. The number of hydrogen-bond donors (Lipinski definition) is 0. The van der Waals surface area contributed by atoms with Crippen LogP contribution in [-0.4, -0.2) is 0 Å². The Morgan fingerprint density at radius 3 is 0.804 bits per heavy atom. The summed E-state index contributed by atoms with van der Waals surface area (Å²) < 4.78 is 0. The van der Waals surface area contributed by atoms with Crippen molar-refractivity contribution in [2.45, 2.75) is 102 Å². The molecule has 248 valence electrons. The highest BCUT2D eigenvalue weighted by molar-refractivity contribution is 5.62. The van der Waals surface area contributed by atoms with Crippen LogP contribution in [0.2, 0.25) is 0 Å². The second kappa shape index (κ2) is 22.4. The lowest BCUT2D eigenvalue weighted by molar-refractivity contribution is 0.469. The molecule has 4 rings (SSSR count). The Labute approximate surface area is 284 Å². The molecule has 4 aromatic rings. The highest BCUT2D eigenvalue weighted by Crippen LogP contribution is 2.21. The molecule has 2 nitrogen and oxygen atoms in total. The molecular formula is C44H62N2. The van der Waals surface area contributed by atoms with Crippen LogP contribution in [0.15, 0.2) is 121 Å². The van der Waals surface area contributed by atoms with Crippen LogP contribution in [0.1, 0.15) is 108 Å². The Bertz CT molecular complexity index is 1290. The van der Waals surface area contributed by atoms with Crippen LogP contribution >= 0.6 is 0 Å². The van der Waals surface area contributed by atoms with Crippen molar-refractivity contribution in [3.63, 3.8) is 0 Å². The molecular weight excluding hydrogens is 556 g/mol. The molecule has 0 radical (unpaired) electrons. The third-order valence-corrected chi connectivity index (χ3v) is 4.76. The molecule has 0 aromatic heterocycles. The van der Waals surface area contributed by atoms with Crippen molar-refractivity contribution in [3.05, 3.63) is 132 Å². The Kier molecular flexibility index (Phi) is 21.4. The summed E-state index contributed by atoms with van der Waals surface area (Å²) in [4.78, 5) is 0. The van der Waals surface area contributed by atoms with Gasteiger partial charge in [0.1, 0.15) is 0 Å². The average molecular weight is 619 g/mol. The van der Waals surface area contributed by atoms with Gasteiger partial charge in [0.2, 0.25) is 0 Å². The first-order chi connectivity index (χ1) is 21.1. The van der Waals surface area contributed by atoms with Crippen LogP contribution < -0.4 is 0 Å². The minimum absolute atomic E-state index is 0.153. The van der Waals surface area contributed by atoms with Gasteiger partial charge in [0, 0.05) is 5.41 Å². The van der Waals surface area contributed by atoms with Crippen molar-refractivity contribution in [2.24, 2.45) is 16.2 Å². The van der Waals surface area contributed by atoms with Crippen LogP contribution in [0.3, 0.4) is 0 Å². The number of nitrogens with zero attached hydrogens (tertiary/aromatic N) is 2. The van der Waals surface area contributed by atoms with Gasteiger partial charge < -0.3 is 0 Å². The highest BCUT2D eigenvalue weighted by Gasteiger charge is 2.11. The van der Waals surface area contributed by atoms with E-state index in [1.165, 1.54) is 16.7 Å². The van der Waals surface area contributed by atoms with Crippen molar-refractivity contribution in [3.8, 4) is 23.3 Å². The zero-order chi connectivity index (χ0) is 35.9. The SMILES string of the molecule is CC(C)(C)C.CC(C)(C)C.CC(C)(C)C#N.CC(C)(C)c1ccccc1.N#Cc1ccccc1.c1ccc(-c2ccccc2)cc1. The molecule has 0 atom stereocenters. The minimum atomic E-state index is -0.153. The van der Waals surface area contributed by atoms with Gasteiger partial charge in [-0.25, -0.2) is 0 Å². The molecule has 0 aliphatic rings. The summed E-state index contributed by atoms with van der Waals surface area (Å²) in [7, 11) is 0. The molecule has 0 N–H and O–H groups in total. The van der Waals surface area contributed by atoms with Gasteiger partial charge in [-0.3, -0.25) is 0 Å². The van der Waals surface area contributed by atoms with Crippen LogP contribution in [0, 0.1) is 38.9 Å². The van der Waals surface area contributed by atoms with Gasteiger partial charge in [0.15, 0.2) is 0 Å². The second-order valence-electron chi connectivity index (χ2n) is 16.2. The lowest BCUT2D eigenvalue weighted by atomic mass is 9.87. The molecule has 0 spiro atoms.